The highest BCUT2D eigenvalue weighted by Gasteiger charge is 2.33. The fourth-order valence-corrected chi connectivity index (χ4v) is 2.28. The first-order chi connectivity index (χ1) is 11.1. The number of hydrogen-bond acceptors (Lipinski definition) is 2. The summed E-state index contributed by atoms with van der Waals surface area (Å²) in [7, 11) is 0. The minimum absolute atomic E-state index is 0. The lowest BCUT2D eigenvalue weighted by Gasteiger charge is -2.11. The van der Waals surface area contributed by atoms with Gasteiger partial charge < -0.3 is 16.0 Å². The molecule has 1 amide bonds. The van der Waals surface area contributed by atoms with E-state index in [-0.39, 0.29) is 42.1 Å². The second-order valence-electron chi connectivity index (χ2n) is 5.88. The average Bonchev–Trinajstić information content (AvgIpc) is 3.19. The Morgan fingerprint density at radius 2 is 2.12 bits per heavy atom. The van der Waals surface area contributed by atoms with Crippen LogP contribution < -0.4 is 16.0 Å². The molecule has 134 valence electrons. The predicted octanol–water partition coefficient (Wildman–Crippen LogP) is 2.07. The Bertz CT molecular complexity index is 567. The highest BCUT2D eigenvalue weighted by molar-refractivity contribution is 14.0. The van der Waals surface area contributed by atoms with Crippen LogP contribution in [0.1, 0.15) is 25.8 Å². The molecule has 7 heteroatoms. The van der Waals surface area contributed by atoms with Crippen LogP contribution in [0.2, 0.25) is 0 Å². The summed E-state index contributed by atoms with van der Waals surface area (Å²) in [6, 6.07) is 6.60. The Morgan fingerprint density at radius 1 is 1.38 bits per heavy atom. The van der Waals surface area contributed by atoms with E-state index >= 15 is 0 Å². The van der Waals surface area contributed by atoms with Gasteiger partial charge in [0.15, 0.2) is 5.96 Å². The summed E-state index contributed by atoms with van der Waals surface area (Å²) in [4.78, 5) is 16.3. The standard InChI is InChI=1S/C17H25FN4O.HI/c1-3-19-17(22-15-9-12(15)2)21-8-7-20-16(23)11-13-5-4-6-14(18)10-13;/h4-6,10,12,15H,3,7-9,11H2,1-2H3,(H,20,23)(H2,19,21,22);1H. The van der Waals surface area contributed by atoms with Crippen molar-refractivity contribution in [2.45, 2.75) is 32.7 Å². The van der Waals surface area contributed by atoms with Crippen molar-refractivity contribution in [2.75, 3.05) is 19.6 Å². The molecule has 0 heterocycles. The smallest absolute Gasteiger partial charge is 0.224 e. The van der Waals surface area contributed by atoms with Crippen molar-refractivity contribution in [2.24, 2.45) is 10.9 Å². The van der Waals surface area contributed by atoms with Gasteiger partial charge in [-0.25, -0.2) is 4.39 Å². The third-order valence-corrected chi connectivity index (χ3v) is 3.73. The number of nitrogens with zero attached hydrogens (tertiary/aromatic N) is 1. The van der Waals surface area contributed by atoms with Crippen LogP contribution in [0.25, 0.3) is 0 Å². The summed E-state index contributed by atoms with van der Waals surface area (Å²) in [5.41, 5.74) is 0.670. The zero-order chi connectivity index (χ0) is 16.7. The second-order valence-corrected chi connectivity index (χ2v) is 5.88. The fraction of sp³-hybridized carbons (Fsp3) is 0.529. The van der Waals surface area contributed by atoms with E-state index in [0.29, 0.717) is 30.6 Å². The highest BCUT2D eigenvalue weighted by Crippen LogP contribution is 2.28. The Balaban J connectivity index is 0.00000288. The van der Waals surface area contributed by atoms with Gasteiger partial charge in [0.05, 0.1) is 13.0 Å². The van der Waals surface area contributed by atoms with E-state index in [1.165, 1.54) is 18.6 Å². The minimum Gasteiger partial charge on any atom is -0.357 e. The summed E-state index contributed by atoms with van der Waals surface area (Å²) in [6.45, 7) is 6.00. The van der Waals surface area contributed by atoms with E-state index in [0.717, 1.165) is 12.5 Å². The molecule has 1 saturated carbocycles. The van der Waals surface area contributed by atoms with Crippen LogP contribution >= 0.6 is 24.0 Å². The first-order valence-electron chi connectivity index (χ1n) is 8.14. The topological polar surface area (TPSA) is 65.5 Å². The van der Waals surface area contributed by atoms with Crippen molar-refractivity contribution in [3.05, 3.63) is 35.6 Å². The Morgan fingerprint density at radius 3 is 2.75 bits per heavy atom. The van der Waals surface area contributed by atoms with Gasteiger partial charge in [-0.05, 0) is 37.0 Å². The number of halogens is 2. The molecule has 5 nitrogen and oxygen atoms in total. The average molecular weight is 448 g/mol. The molecule has 0 spiro atoms. The van der Waals surface area contributed by atoms with Crippen LogP contribution in [0.15, 0.2) is 29.3 Å². The van der Waals surface area contributed by atoms with Crippen molar-refractivity contribution in [3.63, 3.8) is 0 Å². The van der Waals surface area contributed by atoms with Gasteiger partial charge >= 0.3 is 0 Å². The van der Waals surface area contributed by atoms with Gasteiger partial charge in [-0.2, -0.15) is 0 Å². The zero-order valence-electron chi connectivity index (χ0n) is 14.1. The maximum Gasteiger partial charge on any atom is 0.224 e. The molecule has 1 aromatic carbocycles. The zero-order valence-corrected chi connectivity index (χ0v) is 16.5. The Hall–Kier alpha value is -1.38. The summed E-state index contributed by atoms with van der Waals surface area (Å²) in [5, 5.41) is 9.36. The molecule has 3 N–H and O–H groups in total. The quantitative estimate of drug-likeness (QED) is 0.259. The molecule has 0 bridgehead atoms. The first kappa shape index (κ1) is 20.7. The van der Waals surface area contributed by atoms with Crippen molar-refractivity contribution >= 4 is 35.8 Å². The maximum absolute atomic E-state index is 13.1. The van der Waals surface area contributed by atoms with E-state index in [1.807, 2.05) is 6.92 Å². The molecule has 2 unspecified atom stereocenters. The molecule has 1 fully saturated rings. The Labute approximate surface area is 159 Å². The van der Waals surface area contributed by atoms with Gasteiger partial charge in [-0.1, -0.05) is 19.1 Å². The molecule has 1 aromatic rings. The maximum atomic E-state index is 13.1. The van der Waals surface area contributed by atoms with Crippen molar-refractivity contribution in [1.82, 2.24) is 16.0 Å². The molecule has 0 saturated heterocycles. The van der Waals surface area contributed by atoms with Crippen molar-refractivity contribution in [1.29, 1.82) is 0 Å². The van der Waals surface area contributed by atoms with Crippen molar-refractivity contribution < 1.29 is 9.18 Å². The lowest BCUT2D eigenvalue weighted by molar-refractivity contribution is -0.120. The van der Waals surface area contributed by atoms with Gasteiger partial charge in [0, 0.05) is 19.1 Å². The normalized spacial score (nSPS) is 19.2. The first-order valence-corrected chi connectivity index (χ1v) is 8.14. The van der Waals surface area contributed by atoms with Crippen LogP contribution in [0.5, 0.6) is 0 Å². The monoisotopic (exact) mass is 448 g/mol. The van der Waals surface area contributed by atoms with E-state index in [2.05, 4.69) is 27.9 Å². The summed E-state index contributed by atoms with van der Waals surface area (Å²) in [5.74, 6) is 1.04. The number of aliphatic imine (C=N–C) groups is 1. The number of amides is 1. The number of rotatable bonds is 7. The molecular weight excluding hydrogens is 422 g/mol. The van der Waals surface area contributed by atoms with E-state index < -0.39 is 0 Å². The lowest BCUT2D eigenvalue weighted by Crippen LogP contribution is -2.39. The third kappa shape index (κ3) is 7.46. The van der Waals surface area contributed by atoms with Crippen LogP contribution in [-0.2, 0) is 11.2 Å². The molecule has 0 aromatic heterocycles. The second kappa shape index (κ2) is 10.5. The molecule has 0 radical (unpaired) electrons. The minimum atomic E-state index is -0.324. The number of hydrogen-bond donors (Lipinski definition) is 3. The van der Waals surface area contributed by atoms with Gasteiger partial charge in [-0.15, -0.1) is 24.0 Å². The van der Waals surface area contributed by atoms with Gasteiger partial charge in [0.1, 0.15) is 5.82 Å². The molecule has 1 aliphatic carbocycles. The van der Waals surface area contributed by atoms with E-state index in [1.54, 1.807) is 12.1 Å². The molecule has 1 aliphatic rings. The molecule has 0 aliphatic heterocycles. The van der Waals surface area contributed by atoms with E-state index in [9.17, 15) is 9.18 Å². The fourth-order valence-electron chi connectivity index (χ4n) is 2.28. The lowest BCUT2D eigenvalue weighted by atomic mass is 10.1. The molecule has 24 heavy (non-hydrogen) atoms. The number of guanidine groups is 1. The van der Waals surface area contributed by atoms with Gasteiger partial charge in [0.2, 0.25) is 5.91 Å². The molecular formula is C17H26FIN4O. The molecule has 2 atom stereocenters. The summed E-state index contributed by atoms with van der Waals surface area (Å²) < 4.78 is 13.1. The van der Waals surface area contributed by atoms with Crippen molar-refractivity contribution in [3.8, 4) is 0 Å². The summed E-state index contributed by atoms with van der Waals surface area (Å²) in [6.07, 6.45) is 1.36. The van der Waals surface area contributed by atoms with Crippen LogP contribution in [-0.4, -0.2) is 37.5 Å². The van der Waals surface area contributed by atoms with Crippen LogP contribution in [0, 0.1) is 11.7 Å². The number of nitrogens with one attached hydrogen (secondary N) is 3. The molecule has 2 rings (SSSR count). The van der Waals surface area contributed by atoms with Crippen LogP contribution in [0.3, 0.4) is 0 Å². The predicted molar refractivity (Wildman–Crippen MR) is 105 cm³/mol. The SMILES string of the molecule is CCNC(=NCCNC(=O)Cc1cccc(F)c1)NC1CC1C.I. The number of benzene rings is 1. The third-order valence-electron chi connectivity index (χ3n) is 3.73. The van der Waals surface area contributed by atoms with Gasteiger partial charge in [0.25, 0.3) is 0 Å². The van der Waals surface area contributed by atoms with E-state index in [4.69, 9.17) is 0 Å². The van der Waals surface area contributed by atoms with Crippen LogP contribution in [0.4, 0.5) is 4.39 Å². The van der Waals surface area contributed by atoms with Gasteiger partial charge in [-0.3, -0.25) is 9.79 Å². The summed E-state index contributed by atoms with van der Waals surface area (Å²) >= 11 is 0. The highest BCUT2D eigenvalue weighted by atomic mass is 127. The largest absolute Gasteiger partial charge is 0.357 e. The number of carbonyl (C=O) groups excluding carboxylic acids is 1. The Kier molecular flexibility index (Phi) is 9.02. The number of carbonyl (C=O) groups is 1.